The highest BCUT2D eigenvalue weighted by Gasteiger charge is 2.33. The summed E-state index contributed by atoms with van der Waals surface area (Å²) in [5, 5.41) is 14.8. The number of piperazine rings is 1. The van der Waals surface area contributed by atoms with Crippen molar-refractivity contribution in [2.75, 3.05) is 26.2 Å². The minimum atomic E-state index is -0.221. The number of hydrogen-bond acceptors (Lipinski definition) is 6. The number of rotatable bonds is 6. The van der Waals surface area contributed by atoms with Crippen LogP contribution in [0.15, 0.2) is 41.8 Å². The van der Waals surface area contributed by atoms with Gasteiger partial charge in [-0.25, -0.2) is 9.07 Å². The molecule has 2 aromatic heterocycles. The van der Waals surface area contributed by atoms with Crippen LogP contribution in [0.25, 0.3) is 0 Å². The molecule has 0 amide bonds. The van der Waals surface area contributed by atoms with E-state index >= 15 is 0 Å². The lowest BCUT2D eigenvalue weighted by molar-refractivity contribution is -0.00000685. The second kappa shape index (κ2) is 10.2. The molecule has 0 spiro atoms. The van der Waals surface area contributed by atoms with Crippen LogP contribution in [0.1, 0.15) is 48.0 Å². The molecule has 1 aliphatic carbocycles. The van der Waals surface area contributed by atoms with Crippen LogP contribution in [0.4, 0.5) is 4.39 Å². The SMILES string of the molecule is Fc1ccc(C(c2nnnn2Cc2cccs2)N2CCN(C3CCCC3)CC2)cc1.[Cl-]. The van der Waals surface area contributed by atoms with E-state index in [2.05, 4.69) is 36.8 Å². The monoisotopic (exact) mass is 461 g/mol. The Morgan fingerprint density at radius 1 is 1.03 bits per heavy atom. The predicted octanol–water partition coefficient (Wildman–Crippen LogP) is 0.576. The van der Waals surface area contributed by atoms with Crippen molar-refractivity contribution in [3.8, 4) is 0 Å². The van der Waals surface area contributed by atoms with Gasteiger partial charge in [-0.15, -0.1) is 16.4 Å². The molecule has 31 heavy (non-hydrogen) atoms. The largest absolute Gasteiger partial charge is 1.00 e. The summed E-state index contributed by atoms with van der Waals surface area (Å²) in [6, 6.07) is 11.6. The molecule has 2 aliphatic rings. The molecule has 0 radical (unpaired) electrons. The smallest absolute Gasteiger partial charge is 0.173 e. The molecule has 3 aromatic rings. The summed E-state index contributed by atoms with van der Waals surface area (Å²) >= 11 is 1.70. The first-order valence-electron chi connectivity index (χ1n) is 10.8. The van der Waals surface area contributed by atoms with E-state index in [1.165, 1.54) is 42.7 Å². The molecular formula is C22H27ClFN6S-. The maximum Gasteiger partial charge on any atom is 0.173 e. The predicted molar refractivity (Wildman–Crippen MR) is 115 cm³/mol. The summed E-state index contributed by atoms with van der Waals surface area (Å²) in [5.74, 6) is 0.603. The average molecular weight is 462 g/mol. The zero-order chi connectivity index (χ0) is 20.3. The quantitative estimate of drug-likeness (QED) is 0.537. The van der Waals surface area contributed by atoms with Crippen LogP contribution in [-0.4, -0.2) is 62.2 Å². The van der Waals surface area contributed by atoms with E-state index < -0.39 is 0 Å². The normalized spacial score (nSPS) is 19.4. The number of tetrazole rings is 1. The molecule has 0 N–H and O–H groups in total. The summed E-state index contributed by atoms with van der Waals surface area (Å²) in [6.07, 6.45) is 5.39. The molecule has 1 atom stereocenters. The third kappa shape index (κ3) is 4.98. The van der Waals surface area contributed by atoms with Gasteiger partial charge < -0.3 is 12.4 Å². The number of halogens is 2. The van der Waals surface area contributed by atoms with E-state index in [1.54, 1.807) is 11.3 Å². The van der Waals surface area contributed by atoms with Crippen LogP contribution in [0, 0.1) is 5.82 Å². The van der Waals surface area contributed by atoms with Gasteiger partial charge in [0.1, 0.15) is 5.82 Å². The van der Waals surface area contributed by atoms with Crippen LogP contribution >= 0.6 is 11.3 Å². The van der Waals surface area contributed by atoms with E-state index in [4.69, 9.17) is 0 Å². The van der Waals surface area contributed by atoms with Gasteiger partial charge >= 0.3 is 0 Å². The summed E-state index contributed by atoms with van der Waals surface area (Å²) in [5.41, 5.74) is 1.04. The highest BCUT2D eigenvalue weighted by molar-refractivity contribution is 7.09. The zero-order valence-electron chi connectivity index (χ0n) is 17.4. The van der Waals surface area contributed by atoms with Crippen LogP contribution in [-0.2, 0) is 6.54 Å². The van der Waals surface area contributed by atoms with E-state index in [0.717, 1.165) is 43.6 Å². The average Bonchev–Trinajstić information content (AvgIpc) is 3.54. The number of thiophene rings is 1. The number of aromatic nitrogens is 4. The molecular weight excluding hydrogens is 435 g/mol. The summed E-state index contributed by atoms with van der Waals surface area (Å²) in [7, 11) is 0. The Hall–Kier alpha value is -1.87. The molecule has 6 nitrogen and oxygen atoms in total. The van der Waals surface area contributed by atoms with E-state index in [-0.39, 0.29) is 24.3 Å². The molecule has 5 rings (SSSR count). The molecule has 1 saturated carbocycles. The van der Waals surface area contributed by atoms with Crippen molar-refractivity contribution in [3.63, 3.8) is 0 Å². The fourth-order valence-corrected chi connectivity index (χ4v) is 5.55. The Labute approximate surface area is 192 Å². The van der Waals surface area contributed by atoms with Crippen molar-refractivity contribution >= 4 is 11.3 Å². The summed E-state index contributed by atoms with van der Waals surface area (Å²) < 4.78 is 15.5. The minimum Gasteiger partial charge on any atom is -1.00 e. The third-order valence-electron chi connectivity index (χ3n) is 6.43. The highest BCUT2D eigenvalue weighted by Crippen LogP contribution is 2.31. The molecule has 1 aliphatic heterocycles. The Morgan fingerprint density at radius 2 is 1.77 bits per heavy atom. The van der Waals surface area contributed by atoms with Gasteiger partial charge in [-0.2, -0.15) is 0 Å². The molecule has 0 bridgehead atoms. The Balaban J connectivity index is 0.00000231. The van der Waals surface area contributed by atoms with Gasteiger partial charge in [0.15, 0.2) is 5.82 Å². The van der Waals surface area contributed by atoms with Crippen molar-refractivity contribution < 1.29 is 16.8 Å². The maximum absolute atomic E-state index is 13.6. The lowest BCUT2D eigenvalue weighted by Crippen LogP contribution is -3.00. The van der Waals surface area contributed by atoms with E-state index in [0.29, 0.717) is 6.54 Å². The molecule has 166 valence electrons. The van der Waals surface area contributed by atoms with Crippen molar-refractivity contribution in [3.05, 3.63) is 63.9 Å². The standard InChI is InChI=1S/C22H27FN6S.ClH/c23-18-9-7-17(8-10-18)21(22-24-25-26-29(22)16-20-6-3-15-30-20)28-13-11-27(12-14-28)19-4-1-2-5-19;/h3,6-10,15,19,21H,1-2,4-5,11-14,16H2;1H/p-1. The number of benzene rings is 1. The van der Waals surface area contributed by atoms with Gasteiger partial charge in [-0.05, 0) is 52.4 Å². The van der Waals surface area contributed by atoms with Crippen LogP contribution in [0.2, 0.25) is 0 Å². The van der Waals surface area contributed by atoms with Crippen LogP contribution in [0.5, 0.6) is 0 Å². The topological polar surface area (TPSA) is 50.1 Å². The molecule has 9 heteroatoms. The lowest BCUT2D eigenvalue weighted by Gasteiger charge is -2.41. The number of nitrogens with zero attached hydrogens (tertiary/aromatic N) is 6. The first-order valence-corrected chi connectivity index (χ1v) is 11.7. The third-order valence-corrected chi connectivity index (χ3v) is 7.29. The molecule has 1 aromatic carbocycles. The molecule has 2 fully saturated rings. The molecule has 1 saturated heterocycles. The lowest BCUT2D eigenvalue weighted by atomic mass is 10.0. The molecule has 3 heterocycles. The Morgan fingerprint density at radius 3 is 2.45 bits per heavy atom. The van der Waals surface area contributed by atoms with E-state index in [9.17, 15) is 4.39 Å². The van der Waals surface area contributed by atoms with Gasteiger partial charge in [0.25, 0.3) is 0 Å². The highest BCUT2D eigenvalue weighted by atomic mass is 35.5. The van der Waals surface area contributed by atoms with Crippen molar-refractivity contribution in [2.45, 2.75) is 44.3 Å². The second-order valence-corrected chi connectivity index (χ2v) is 9.27. The van der Waals surface area contributed by atoms with Gasteiger partial charge in [0.2, 0.25) is 0 Å². The van der Waals surface area contributed by atoms with Crippen LogP contribution < -0.4 is 12.4 Å². The van der Waals surface area contributed by atoms with Crippen molar-refractivity contribution in [2.24, 2.45) is 0 Å². The fraction of sp³-hybridized carbons (Fsp3) is 0.500. The van der Waals surface area contributed by atoms with Crippen molar-refractivity contribution in [1.29, 1.82) is 0 Å². The maximum atomic E-state index is 13.6. The minimum absolute atomic E-state index is 0. The number of hydrogen-bond donors (Lipinski definition) is 0. The van der Waals surface area contributed by atoms with Gasteiger partial charge in [-0.3, -0.25) is 9.80 Å². The van der Waals surface area contributed by atoms with Gasteiger partial charge in [-0.1, -0.05) is 31.0 Å². The van der Waals surface area contributed by atoms with Gasteiger partial charge in [0, 0.05) is 37.1 Å². The fourth-order valence-electron chi connectivity index (χ4n) is 4.87. The zero-order valence-corrected chi connectivity index (χ0v) is 19.0. The summed E-state index contributed by atoms with van der Waals surface area (Å²) in [4.78, 5) is 6.32. The first-order chi connectivity index (χ1) is 14.8. The first kappa shape index (κ1) is 22.3. The summed E-state index contributed by atoms with van der Waals surface area (Å²) in [6.45, 7) is 4.71. The second-order valence-electron chi connectivity index (χ2n) is 8.24. The Kier molecular flexibility index (Phi) is 7.32. The van der Waals surface area contributed by atoms with Gasteiger partial charge in [0.05, 0.1) is 12.6 Å². The van der Waals surface area contributed by atoms with E-state index in [1.807, 2.05) is 22.9 Å². The van der Waals surface area contributed by atoms with Crippen molar-refractivity contribution in [1.82, 2.24) is 30.0 Å². The molecule has 1 unspecified atom stereocenters. The van der Waals surface area contributed by atoms with Crippen LogP contribution in [0.3, 0.4) is 0 Å². The Bertz CT molecular complexity index is 933.